The van der Waals surface area contributed by atoms with Gasteiger partial charge >= 0.3 is 6.18 Å². The quantitative estimate of drug-likeness (QED) is 0.560. The molecule has 0 bridgehead atoms. The minimum atomic E-state index is -4.10. The molecule has 0 heterocycles. The fourth-order valence-electron chi connectivity index (χ4n) is 1.32. The molecule has 0 fully saturated rings. The maximum absolute atomic E-state index is 11.8. The first-order valence-electron chi connectivity index (χ1n) is 5.64. The van der Waals surface area contributed by atoms with Crippen LogP contribution in [0.5, 0.6) is 0 Å². The van der Waals surface area contributed by atoms with Gasteiger partial charge in [0.25, 0.3) is 0 Å². The molecule has 0 aromatic heterocycles. The van der Waals surface area contributed by atoms with Crippen LogP contribution in [0, 0.1) is 0 Å². The van der Waals surface area contributed by atoms with Gasteiger partial charge in [0.15, 0.2) is 0 Å². The van der Waals surface area contributed by atoms with Gasteiger partial charge in [-0.3, -0.25) is 0 Å². The van der Waals surface area contributed by atoms with Crippen molar-refractivity contribution in [1.29, 1.82) is 0 Å². The van der Waals surface area contributed by atoms with E-state index in [1.165, 1.54) is 12.8 Å². The zero-order valence-corrected chi connectivity index (χ0v) is 9.57. The molecule has 0 N–H and O–H groups in total. The van der Waals surface area contributed by atoms with E-state index in [9.17, 15) is 13.2 Å². The number of hydrogen-bond acceptors (Lipinski definition) is 1. The second-order valence-electron chi connectivity index (χ2n) is 3.90. The Kier molecular flexibility index (Phi) is 7.83. The van der Waals surface area contributed by atoms with E-state index in [-0.39, 0.29) is 12.7 Å². The number of ether oxygens (including phenoxy) is 1. The van der Waals surface area contributed by atoms with Crippen molar-refractivity contribution in [3.8, 4) is 0 Å². The molecule has 0 saturated heterocycles. The highest BCUT2D eigenvalue weighted by atomic mass is 19.4. The second-order valence-corrected chi connectivity index (χ2v) is 3.90. The average Bonchev–Trinajstić information content (AvgIpc) is 2.10. The molecule has 0 saturated carbocycles. The third-order valence-corrected chi connectivity index (χ3v) is 2.25. The summed E-state index contributed by atoms with van der Waals surface area (Å²) >= 11 is 0. The van der Waals surface area contributed by atoms with E-state index in [0.29, 0.717) is 0 Å². The molecule has 1 atom stereocenters. The standard InChI is InChI=1S/C11H21F3O/c1-3-4-5-6-7-10(2)15-9-8-11(12,13)14/h10H,3-9H2,1-2H3. The molecule has 15 heavy (non-hydrogen) atoms. The molecule has 92 valence electrons. The summed E-state index contributed by atoms with van der Waals surface area (Å²) in [5.41, 5.74) is 0. The lowest BCUT2D eigenvalue weighted by molar-refractivity contribution is -0.148. The van der Waals surface area contributed by atoms with Crippen molar-refractivity contribution < 1.29 is 17.9 Å². The SMILES string of the molecule is CCCCCCC(C)OCCC(F)(F)F. The van der Waals surface area contributed by atoms with Crippen molar-refractivity contribution in [2.75, 3.05) is 6.61 Å². The number of rotatable bonds is 8. The minimum Gasteiger partial charge on any atom is -0.378 e. The molecule has 0 aliphatic heterocycles. The summed E-state index contributed by atoms with van der Waals surface area (Å²) in [6.45, 7) is 3.75. The van der Waals surface area contributed by atoms with Crippen LogP contribution in [0.25, 0.3) is 0 Å². The first-order chi connectivity index (χ1) is 6.95. The van der Waals surface area contributed by atoms with Gasteiger partial charge < -0.3 is 4.74 Å². The van der Waals surface area contributed by atoms with Crippen LogP contribution in [0.15, 0.2) is 0 Å². The van der Waals surface area contributed by atoms with E-state index in [0.717, 1.165) is 19.3 Å². The summed E-state index contributed by atoms with van der Waals surface area (Å²) < 4.78 is 40.4. The summed E-state index contributed by atoms with van der Waals surface area (Å²) in [5, 5.41) is 0. The maximum Gasteiger partial charge on any atom is 0.391 e. The van der Waals surface area contributed by atoms with Gasteiger partial charge in [-0.1, -0.05) is 32.6 Å². The Bertz CT molecular complexity index is 145. The molecule has 0 radical (unpaired) electrons. The summed E-state index contributed by atoms with van der Waals surface area (Å²) in [7, 11) is 0. The zero-order chi connectivity index (χ0) is 11.7. The Morgan fingerprint density at radius 2 is 1.80 bits per heavy atom. The van der Waals surface area contributed by atoms with E-state index in [4.69, 9.17) is 4.74 Å². The van der Waals surface area contributed by atoms with Gasteiger partial charge in [0.05, 0.1) is 19.1 Å². The van der Waals surface area contributed by atoms with E-state index in [1.807, 2.05) is 6.92 Å². The number of hydrogen-bond donors (Lipinski definition) is 0. The highest BCUT2D eigenvalue weighted by molar-refractivity contribution is 4.54. The third kappa shape index (κ3) is 11.7. The molecular formula is C11H21F3O. The van der Waals surface area contributed by atoms with Crippen LogP contribution in [-0.4, -0.2) is 18.9 Å². The Morgan fingerprint density at radius 1 is 1.13 bits per heavy atom. The largest absolute Gasteiger partial charge is 0.391 e. The van der Waals surface area contributed by atoms with Crippen LogP contribution in [0.4, 0.5) is 13.2 Å². The molecule has 0 aliphatic carbocycles. The first kappa shape index (κ1) is 14.8. The van der Waals surface area contributed by atoms with Gasteiger partial charge in [0.1, 0.15) is 0 Å². The fourth-order valence-corrected chi connectivity index (χ4v) is 1.32. The summed E-state index contributed by atoms with van der Waals surface area (Å²) in [6.07, 6.45) is 0.416. The van der Waals surface area contributed by atoms with Gasteiger partial charge in [-0.25, -0.2) is 0 Å². The minimum absolute atomic E-state index is 0.0517. The molecule has 0 aliphatic rings. The van der Waals surface area contributed by atoms with E-state index < -0.39 is 12.6 Å². The zero-order valence-electron chi connectivity index (χ0n) is 9.57. The maximum atomic E-state index is 11.8. The summed E-state index contributed by atoms with van der Waals surface area (Å²) in [6, 6.07) is 0. The molecule has 0 spiro atoms. The summed E-state index contributed by atoms with van der Waals surface area (Å²) in [5.74, 6) is 0. The Labute approximate surface area is 90.0 Å². The normalized spacial score (nSPS) is 14.2. The van der Waals surface area contributed by atoms with Crippen LogP contribution >= 0.6 is 0 Å². The lowest BCUT2D eigenvalue weighted by Crippen LogP contribution is -2.16. The molecule has 0 rings (SSSR count). The lowest BCUT2D eigenvalue weighted by Gasteiger charge is -2.13. The van der Waals surface area contributed by atoms with E-state index in [1.54, 1.807) is 0 Å². The molecular weight excluding hydrogens is 205 g/mol. The van der Waals surface area contributed by atoms with Crippen LogP contribution in [0.1, 0.15) is 52.4 Å². The number of alkyl halides is 3. The monoisotopic (exact) mass is 226 g/mol. The second kappa shape index (κ2) is 7.97. The van der Waals surface area contributed by atoms with Gasteiger partial charge in [-0.15, -0.1) is 0 Å². The highest BCUT2D eigenvalue weighted by Gasteiger charge is 2.26. The van der Waals surface area contributed by atoms with Crippen LogP contribution in [0.3, 0.4) is 0 Å². The molecule has 0 aromatic rings. The van der Waals surface area contributed by atoms with Crippen LogP contribution in [-0.2, 0) is 4.74 Å². The van der Waals surface area contributed by atoms with Crippen molar-refractivity contribution in [2.24, 2.45) is 0 Å². The topological polar surface area (TPSA) is 9.23 Å². The third-order valence-electron chi connectivity index (χ3n) is 2.25. The van der Waals surface area contributed by atoms with E-state index >= 15 is 0 Å². The lowest BCUT2D eigenvalue weighted by atomic mass is 10.1. The molecule has 0 amide bonds. The van der Waals surface area contributed by atoms with Crippen molar-refractivity contribution in [2.45, 2.75) is 64.7 Å². The smallest absolute Gasteiger partial charge is 0.378 e. The summed E-state index contributed by atoms with van der Waals surface area (Å²) in [4.78, 5) is 0. The predicted octanol–water partition coefficient (Wildman–Crippen LogP) is 4.31. The molecule has 1 nitrogen and oxygen atoms in total. The van der Waals surface area contributed by atoms with Crippen molar-refractivity contribution in [1.82, 2.24) is 0 Å². The molecule has 1 unspecified atom stereocenters. The van der Waals surface area contributed by atoms with Gasteiger partial charge in [0, 0.05) is 0 Å². The van der Waals surface area contributed by atoms with Gasteiger partial charge in [-0.05, 0) is 13.3 Å². The first-order valence-corrected chi connectivity index (χ1v) is 5.64. The Morgan fingerprint density at radius 3 is 2.33 bits per heavy atom. The van der Waals surface area contributed by atoms with Crippen molar-refractivity contribution in [3.05, 3.63) is 0 Å². The Hall–Kier alpha value is -0.250. The molecule has 0 aromatic carbocycles. The highest BCUT2D eigenvalue weighted by Crippen LogP contribution is 2.19. The number of halogens is 3. The van der Waals surface area contributed by atoms with Crippen LogP contribution < -0.4 is 0 Å². The van der Waals surface area contributed by atoms with Crippen molar-refractivity contribution >= 4 is 0 Å². The Balaban J connectivity index is 3.29. The van der Waals surface area contributed by atoms with Gasteiger partial charge in [-0.2, -0.15) is 13.2 Å². The fraction of sp³-hybridized carbons (Fsp3) is 1.00. The van der Waals surface area contributed by atoms with E-state index in [2.05, 4.69) is 6.92 Å². The average molecular weight is 226 g/mol. The van der Waals surface area contributed by atoms with Gasteiger partial charge in [0.2, 0.25) is 0 Å². The van der Waals surface area contributed by atoms with Crippen molar-refractivity contribution in [3.63, 3.8) is 0 Å². The molecule has 4 heteroatoms. The number of unbranched alkanes of at least 4 members (excludes halogenated alkanes) is 3. The van der Waals surface area contributed by atoms with Crippen LogP contribution in [0.2, 0.25) is 0 Å². The predicted molar refractivity (Wildman–Crippen MR) is 54.8 cm³/mol.